The van der Waals surface area contributed by atoms with Crippen molar-refractivity contribution in [2.75, 3.05) is 5.73 Å². The zero-order chi connectivity index (χ0) is 15.7. The Morgan fingerprint density at radius 1 is 1.48 bits per heavy atom. The molecule has 8 heteroatoms. The quantitative estimate of drug-likeness (QED) is 0.610. The van der Waals surface area contributed by atoms with Crippen LogP contribution in [-0.4, -0.2) is 15.7 Å². The summed E-state index contributed by atoms with van der Waals surface area (Å²) in [6, 6.07) is 2.38. The highest BCUT2D eigenvalue weighted by Crippen LogP contribution is 2.25. The Balaban J connectivity index is 2.17. The van der Waals surface area contributed by atoms with Gasteiger partial charge in [0.05, 0.1) is 27.1 Å². The molecule has 1 aromatic carbocycles. The van der Waals surface area contributed by atoms with Gasteiger partial charge in [-0.25, -0.2) is 9.18 Å². The average Bonchev–Trinajstić information content (AvgIpc) is 2.65. The highest BCUT2D eigenvalue weighted by atomic mass is 79.9. The lowest BCUT2D eigenvalue weighted by Crippen LogP contribution is -2.10. The van der Waals surface area contributed by atoms with Crippen molar-refractivity contribution < 1.29 is 13.9 Å². The maximum absolute atomic E-state index is 13.3. The highest BCUT2D eigenvalue weighted by Gasteiger charge is 2.17. The number of anilines is 1. The van der Waals surface area contributed by atoms with Gasteiger partial charge in [0.1, 0.15) is 12.4 Å². The summed E-state index contributed by atoms with van der Waals surface area (Å²) in [5.74, 6) is -1.19. The van der Waals surface area contributed by atoms with Crippen molar-refractivity contribution in [3.05, 3.63) is 43.8 Å². The van der Waals surface area contributed by atoms with E-state index in [4.69, 9.17) is 10.5 Å². The molecule has 0 amide bonds. The van der Waals surface area contributed by atoms with Gasteiger partial charge in [-0.15, -0.1) is 0 Å². The predicted octanol–water partition coefficient (Wildman–Crippen LogP) is 3.33. The number of nitrogens with two attached hydrogens (primary N) is 1. The van der Waals surface area contributed by atoms with Crippen LogP contribution >= 0.6 is 31.9 Å². The first kappa shape index (κ1) is 16.0. The summed E-state index contributed by atoms with van der Waals surface area (Å²) in [6.45, 7) is 1.88. The number of nitrogens with zero attached hydrogens (tertiary/aromatic N) is 2. The largest absolute Gasteiger partial charge is 0.456 e. The molecule has 0 spiro atoms. The van der Waals surface area contributed by atoms with Crippen molar-refractivity contribution in [1.29, 1.82) is 0 Å². The van der Waals surface area contributed by atoms with Gasteiger partial charge in [-0.1, -0.05) is 0 Å². The summed E-state index contributed by atoms with van der Waals surface area (Å²) < 4.78 is 21.2. The fourth-order valence-corrected chi connectivity index (χ4v) is 2.70. The van der Waals surface area contributed by atoms with Crippen LogP contribution in [0.15, 0.2) is 21.1 Å². The Bertz CT molecular complexity index is 716. The Morgan fingerprint density at radius 3 is 2.71 bits per heavy atom. The second-order valence-corrected chi connectivity index (χ2v) is 6.05. The predicted molar refractivity (Wildman–Crippen MR) is 83.3 cm³/mol. The summed E-state index contributed by atoms with van der Waals surface area (Å²) in [6.07, 6.45) is 0. The molecule has 5 nitrogen and oxygen atoms in total. The van der Waals surface area contributed by atoms with E-state index < -0.39 is 11.8 Å². The molecule has 0 saturated carbocycles. The van der Waals surface area contributed by atoms with E-state index in [0.717, 1.165) is 21.9 Å². The first-order valence-electron chi connectivity index (χ1n) is 5.91. The number of carbonyl (C=O) groups excluding carboxylic acids is 1. The summed E-state index contributed by atoms with van der Waals surface area (Å²) in [7, 11) is 1.76. The van der Waals surface area contributed by atoms with E-state index in [1.165, 1.54) is 6.07 Å². The van der Waals surface area contributed by atoms with Gasteiger partial charge in [0, 0.05) is 11.5 Å². The van der Waals surface area contributed by atoms with Gasteiger partial charge in [-0.05, 0) is 50.9 Å². The second kappa shape index (κ2) is 6.15. The number of rotatable bonds is 3. The lowest BCUT2D eigenvalue weighted by molar-refractivity contribution is 0.0461. The molecule has 0 radical (unpaired) electrons. The molecule has 2 N–H and O–H groups in total. The second-order valence-electron chi connectivity index (χ2n) is 4.40. The third-order valence-corrected chi connectivity index (χ3v) is 4.60. The number of carbonyl (C=O) groups is 1. The molecule has 0 fully saturated rings. The van der Waals surface area contributed by atoms with Crippen molar-refractivity contribution in [3.8, 4) is 0 Å². The van der Waals surface area contributed by atoms with Crippen molar-refractivity contribution in [3.63, 3.8) is 0 Å². The number of nitrogen functional groups attached to an aromatic ring is 1. The van der Waals surface area contributed by atoms with E-state index >= 15 is 0 Å². The van der Waals surface area contributed by atoms with Crippen LogP contribution in [-0.2, 0) is 18.4 Å². The van der Waals surface area contributed by atoms with Crippen LogP contribution in [0.3, 0.4) is 0 Å². The van der Waals surface area contributed by atoms with Crippen molar-refractivity contribution in [2.24, 2.45) is 7.05 Å². The molecule has 1 aromatic heterocycles. The Kier molecular flexibility index (Phi) is 4.67. The molecule has 1 heterocycles. The van der Waals surface area contributed by atoms with Crippen LogP contribution in [0.25, 0.3) is 0 Å². The standard InChI is InChI=1S/C13H12Br2FN3O2/c1-6-12(15)11(19(2)18-6)5-21-13(20)7-3-10(17)9(16)4-8(7)14/h3-4H,5,17H2,1-2H3. The molecule has 0 unspecified atom stereocenters. The van der Waals surface area contributed by atoms with Gasteiger partial charge in [-0.3, -0.25) is 4.68 Å². The third-order valence-electron chi connectivity index (χ3n) is 2.91. The number of esters is 1. The monoisotopic (exact) mass is 419 g/mol. The molecule has 2 aromatic rings. The molecular formula is C13H12Br2FN3O2. The fraction of sp³-hybridized carbons (Fsp3) is 0.231. The smallest absolute Gasteiger partial charge is 0.339 e. The molecule has 0 aliphatic carbocycles. The third kappa shape index (κ3) is 3.26. The molecule has 0 bridgehead atoms. The number of ether oxygens (including phenoxy) is 1. The summed E-state index contributed by atoms with van der Waals surface area (Å²) in [5.41, 5.74) is 7.05. The van der Waals surface area contributed by atoms with Gasteiger partial charge in [0.15, 0.2) is 0 Å². The maximum Gasteiger partial charge on any atom is 0.339 e. The number of benzene rings is 1. The van der Waals surface area contributed by atoms with Crippen LogP contribution in [0.2, 0.25) is 0 Å². The molecule has 0 aliphatic rings. The zero-order valence-corrected chi connectivity index (χ0v) is 14.5. The number of hydrogen-bond donors (Lipinski definition) is 1. The van der Waals surface area contributed by atoms with Crippen LogP contribution in [0.5, 0.6) is 0 Å². The average molecular weight is 421 g/mol. The van der Waals surface area contributed by atoms with E-state index in [-0.39, 0.29) is 17.9 Å². The minimum absolute atomic E-state index is 0.0421. The van der Waals surface area contributed by atoms with Crippen LogP contribution in [0.1, 0.15) is 21.7 Å². The summed E-state index contributed by atoms with van der Waals surface area (Å²) in [5, 5.41) is 4.20. The number of halogens is 3. The highest BCUT2D eigenvalue weighted by molar-refractivity contribution is 9.10. The topological polar surface area (TPSA) is 70.1 Å². The first-order chi connectivity index (χ1) is 9.81. The van der Waals surface area contributed by atoms with E-state index in [2.05, 4.69) is 37.0 Å². The Morgan fingerprint density at radius 2 is 2.14 bits per heavy atom. The van der Waals surface area contributed by atoms with Gasteiger partial charge >= 0.3 is 5.97 Å². The van der Waals surface area contributed by atoms with Gasteiger partial charge in [-0.2, -0.15) is 5.10 Å². The fourth-order valence-electron chi connectivity index (χ4n) is 1.77. The Hall–Kier alpha value is -1.41. The molecule has 21 heavy (non-hydrogen) atoms. The Labute approximate surface area is 137 Å². The van der Waals surface area contributed by atoms with Crippen molar-refractivity contribution in [1.82, 2.24) is 9.78 Å². The van der Waals surface area contributed by atoms with Crippen LogP contribution < -0.4 is 5.73 Å². The minimum atomic E-state index is -0.598. The van der Waals surface area contributed by atoms with Crippen LogP contribution in [0.4, 0.5) is 10.1 Å². The van der Waals surface area contributed by atoms with Crippen LogP contribution in [0, 0.1) is 12.7 Å². The molecule has 2 rings (SSSR count). The lowest BCUT2D eigenvalue weighted by atomic mass is 10.2. The molecule has 0 atom stereocenters. The molecule has 0 aliphatic heterocycles. The minimum Gasteiger partial charge on any atom is -0.456 e. The summed E-state index contributed by atoms with van der Waals surface area (Å²) >= 11 is 6.51. The van der Waals surface area contributed by atoms with Crippen molar-refractivity contribution >= 4 is 43.5 Å². The molecular weight excluding hydrogens is 409 g/mol. The lowest BCUT2D eigenvalue weighted by Gasteiger charge is -2.08. The van der Waals surface area contributed by atoms with Gasteiger partial charge in [0.25, 0.3) is 0 Å². The molecule has 112 valence electrons. The SMILES string of the molecule is Cc1nn(C)c(COC(=O)c2cc(N)c(F)cc2Br)c1Br. The zero-order valence-electron chi connectivity index (χ0n) is 11.3. The van der Waals surface area contributed by atoms with Crippen molar-refractivity contribution in [2.45, 2.75) is 13.5 Å². The number of aromatic nitrogens is 2. The normalized spacial score (nSPS) is 10.7. The van der Waals surface area contributed by atoms with E-state index in [9.17, 15) is 9.18 Å². The molecule has 0 saturated heterocycles. The number of aryl methyl sites for hydroxylation is 2. The van der Waals surface area contributed by atoms with E-state index in [0.29, 0.717) is 4.47 Å². The van der Waals surface area contributed by atoms with Gasteiger partial charge in [0.2, 0.25) is 0 Å². The van der Waals surface area contributed by atoms with Gasteiger partial charge < -0.3 is 10.5 Å². The van der Waals surface area contributed by atoms with E-state index in [1.807, 2.05) is 6.92 Å². The number of hydrogen-bond acceptors (Lipinski definition) is 4. The maximum atomic E-state index is 13.3. The van der Waals surface area contributed by atoms with E-state index in [1.54, 1.807) is 11.7 Å². The summed E-state index contributed by atoms with van der Waals surface area (Å²) in [4.78, 5) is 12.1. The first-order valence-corrected chi connectivity index (χ1v) is 7.49.